The number of hydrogen-bond donors (Lipinski definition) is 0. The third-order valence-corrected chi connectivity index (χ3v) is 1.56. The van der Waals surface area contributed by atoms with E-state index in [1.54, 1.807) is 4.90 Å². The standard InChI is InChI=1S/C6H10ClNO2/c1-5-4-8(3-2-7)6(9)10-5/h5H,2-4H2,1H3. The summed E-state index contributed by atoms with van der Waals surface area (Å²) in [4.78, 5) is 12.4. The van der Waals surface area contributed by atoms with Gasteiger partial charge in [0.25, 0.3) is 0 Å². The van der Waals surface area contributed by atoms with Crippen molar-refractivity contribution in [3.63, 3.8) is 0 Å². The summed E-state index contributed by atoms with van der Waals surface area (Å²) in [5.74, 6) is 0.474. The maximum Gasteiger partial charge on any atom is 0.410 e. The Hall–Kier alpha value is -0.440. The van der Waals surface area contributed by atoms with Crippen molar-refractivity contribution >= 4 is 17.7 Å². The fourth-order valence-electron chi connectivity index (χ4n) is 0.953. The van der Waals surface area contributed by atoms with Crippen molar-refractivity contribution in [2.24, 2.45) is 0 Å². The summed E-state index contributed by atoms with van der Waals surface area (Å²) >= 11 is 5.45. The second kappa shape index (κ2) is 3.10. The van der Waals surface area contributed by atoms with Gasteiger partial charge in [0, 0.05) is 12.4 Å². The van der Waals surface area contributed by atoms with E-state index in [1.807, 2.05) is 6.92 Å². The average molecular weight is 164 g/mol. The Morgan fingerprint density at radius 3 is 3.00 bits per heavy atom. The quantitative estimate of drug-likeness (QED) is 0.570. The number of ether oxygens (including phenoxy) is 1. The van der Waals surface area contributed by atoms with E-state index < -0.39 is 0 Å². The molecule has 1 amide bonds. The Morgan fingerprint density at radius 1 is 1.90 bits per heavy atom. The topological polar surface area (TPSA) is 29.5 Å². The molecule has 0 saturated carbocycles. The number of amides is 1. The molecule has 0 N–H and O–H groups in total. The zero-order valence-electron chi connectivity index (χ0n) is 5.84. The van der Waals surface area contributed by atoms with Crippen LogP contribution in [0.25, 0.3) is 0 Å². The van der Waals surface area contributed by atoms with E-state index in [-0.39, 0.29) is 12.2 Å². The van der Waals surface area contributed by atoms with Crippen molar-refractivity contribution in [1.29, 1.82) is 0 Å². The molecule has 0 aromatic heterocycles. The number of rotatable bonds is 2. The van der Waals surface area contributed by atoms with Gasteiger partial charge < -0.3 is 9.64 Å². The molecule has 0 bridgehead atoms. The molecule has 1 atom stereocenters. The van der Waals surface area contributed by atoms with Crippen LogP contribution in [0.3, 0.4) is 0 Å². The second-order valence-electron chi connectivity index (χ2n) is 2.33. The summed E-state index contributed by atoms with van der Waals surface area (Å²) < 4.78 is 4.85. The molecule has 4 heteroatoms. The van der Waals surface area contributed by atoms with E-state index in [1.165, 1.54) is 0 Å². The van der Waals surface area contributed by atoms with E-state index in [0.717, 1.165) is 0 Å². The van der Waals surface area contributed by atoms with Gasteiger partial charge in [-0.15, -0.1) is 11.6 Å². The van der Waals surface area contributed by atoms with Crippen LogP contribution < -0.4 is 0 Å². The summed E-state index contributed by atoms with van der Waals surface area (Å²) in [6, 6.07) is 0. The van der Waals surface area contributed by atoms with Crippen molar-refractivity contribution in [1.82, 2.24) is 4.90 Å². The molecule has 1 aliphatic rings. The first-order valence-corrected chi connectivity index (χ1v) is 3.79. The third-order valence-electron chi connectivity index (χ3n) is 1.39. The molecule has 0 radical (unpaired) electrons. The molecule has 1 heterocycles. The number of carbonyl (C=O) groups is 1. The van der Waals surface area contributed by atoms with Gasteiger partial charge in [-0.25, -0.2) is 4.79 Å². The van der Waals surface area contributed by atoms with E-state index in [2.05, 4.69) is 0 Å². The van der Waals surface area contributed by atoms with Crippen LogP contribution in [0.1, 0.15) is 6.92 Å². The van der Waals surface area contributed by atoms with Crippen LogP contribution in [0.15, 0.2) is 0 Å². The lowest BCUT2D eigenvalue weighted by atomic mass is 10.4. The van der Waals surface area contributed by atoms with Gasteiger partial charge in [0.15, 0.2) is 0 Å². The Bertz CT molecular complexity index is 140. The molecule has 0 aliphatic carbocycles. The number of halogens is 1. The summed E-state index contributed by atoms with van der Waals surface area (Å²) in [5.41, 5.74) is 0. The van der Waals surface area contributed by atoms with Crippen LogP contribution in [0.2, 0.25) is 0 Å². The molecular formula is C6H10ClNO2. The molecular weight excluding hydrogens is 154 g/mol. The smallest absolute Gasteiger partial charge is 0.410 e. The number of alkyl halides is 1. The molecule has 58 valence electrons. The summed E-state index contributed by atoms with van der Waals surface area (Å²) in [5, 5.41) is 0. The average Bonchev–Trinajstić information content (AvgIpc) is 2.13. The first-order chi connectivity index (χ1) is 4.74. The number of carbonyl (C=O) groups excluding carboxylic acids is 1. The fourth-order valence-corrected chi connectivity index (χ4v) is 1.16. The Morgan fingerprint density at radius 2 is 2.60 bits per heavy atom. The van der Waals surface area contributed by atoms with Crippen molar-refractivity contribution < 1.29 is 9.53 Å². The maximum absolute atomic E-state index is 10.8. The third kappa shape index (κ3) is 1.53. The van der Waals surface area contributed by atoms with Gasteiger partial charge in [-0.1, -0.05) is 0 Å². The predicted molar refractivity (Wildman–Crippen MR) is 38.2 cm³/mol. The van der Waals surface area contributed by atoms with Crippen LogP contribution in [-0.2, 0) is 4.74 Å². The van der Waals surface area contributed by atoms with Crippen LogP contribution in [0, 0.1) is 0 Å². The van der Waals surface area contributed by atoms with Crippen LogP contribution in [0.4, 0.5) is 4.79 Å². The minimum Gasteiger partial charge on any atom is -0.445 e. The second-order valence-corrected chi connectivity index (χ2v) is 2.71. The Balaban J connectivity index is 2.39. The molecule has 1 fully saturated rings. The molecule has 0 aromatic rings. The van der Waals surface area contributed by atoms with Crippen molar-refractivity contribution in [3.8, 4) is 0 Å². The first kappa shape index (κ1) is 7.66. The zero-order chi connectivity index (χ0) is 7.56. The van der Waals surface area contributed by atoms with E-state index in [4.69, 9.17) is 16.3 Å². The molecule has 0 spiro atoms. The molecule has 1 saturated heterocycles. The molecule has 3 nitrogen and oxygen atoms in total. The van der Waals surface area contributed by atoms with E-state index in [0.29, 0.717) is 19.0 Å². The lowest BCUT2D eigenvalue weighted by Crippen LogP contribution is -2.26. The summed E-state index contributed by atoms with van der Waals surface area (Å²) in [6.45, 7) is 3.13. The monoisotopic (exact) mass is 163 g/mol. The highest BCUT2D eigenvalue weighted by atomic mass is 35.5. The van der Waals surface area contributed by atoms with Crippen LogP contribution in [0.5, 0.6) is 0 Å². The lowest BCUT2D eigenvalue weighted by Gasteiger charge is -2.08. The largest absolute Gasteiger partial charge is 0.445 e. The first-order valence-electron chi connectivity index (χ1n) is 3.25. The molecule has 10 heavy (non-hydrogen) atoms. The summed E-state index contributed by atoms with van der Waals surface area (Å²) in [7, 11) is 0. The fraction of sp³-hybridized carbons (Fsp3) is 0.833. The number of nitrogens with zero attached hydrogens (tertiary/aromatic N) is 1. The van der Waals surface area contributed by atoms with Crippen molar-refractivity contribution in [2.75, 3.05) is 19.0 Å². The van der Waals surface area contributed by atoms with E-state index in [9.17, 15) is 4.79 Å². The normalized spacial score (nSPS) is 25.2. The van der Waals surface area contributed by atoms with Gasteiger partial charge >= 0.3 is 6.09 Å². The molecule has 1 rings (SSSR count). The molecule has 0 aromatic carbocycles. The van der Waals surface area contributed by atoms with Crippen molar-refractivity contribution in [2.45, 2.75) is 13.0 Å². The minimum absolute atomic E-state index is 0.0238. The number of cyclic esters (lactones) is 1. The lowest BCUT2D eigenvalue weighted by molar-refractivity contribution is 0.139. The minimum atomic E-state index is -0.242. The van der Waals surface area contributed by atoms with Gasteiger partial charge in [-0.3, -0.25) is 0 Å². The summed E-state index contributed by atoms with van der Waals surface area (Å²) in [6.07, 6.45) is -0.219. The highest BCUT2D eigenvalue weighted by Gasteiger charge is 2.26. The molecule has 1 unspecified atom stereocenters. The predicted octanol–water partition coefficient (Wildman–Crippen LogP) is 1.07. The molecule has 1 aliphatic heterocycles. The Labute approximate surface area is 64.9 Å². The zero-order valence-corrected chi connectivity index (χ0v) is 6.60. The van der Waals surface area contributed by atoms with Gasteiger partial charge in [-0.2, -0.15) is 0 Å². The van der Waals surface area contributed by atoms with E-state index >= 15 is 0 Å². The maximum atomic E-state index is 10.8. The Kier molecular flexibility index (Phi) is 2.38. The van der Waals surface area contributed by atoms with Gasteiger partial charge in [-0.05, 0) is 6.92 Å². The van der Waals surface area contributed by atoms with Crippen LogP contribution >= 0.6 is 11.6 Å². The SMILES string of the molecule is CC1CN(CCCl)C(=O)O1. The van der Waals surface area contributed by atoms with Gasteiger partial charge in [0.2, 0.25) is 0 Å². The highest BCUT2D eigenvalue weighted by Crippen LogP contribution is 2.09. The highest BCUT2D eigenvalue weighted by molar-refractivity contribution is 6.18. The van der Waals surface area contributed by atoms with Crippen molar-refractivity contribution in [3.05, 3.63) is 0 Å². The number of hydrogen-bond acceptors (Lipinski definition) is 2. The van der Waals surface area contributed by atoms with Gasteiger partial charge in [0.1, 0.15) is 6.10 Å². The van der Waals surface area contributed by atoms with Crippen LogP contribution in [-0.4, -0.2) is 36.1 Å². The van der Waals surface area contributed by atoms with Gasteiger partial charge in [0.05, 0.1) is 6.54 Å².